The normalized spacial score (nSPS) is 14.1. The molecule has 0 rings (SSSR count). The van der Waals surface area contributed by atoms with Gasteiger partial charge in [-0.3, -0.25) is 18.6 Å². The Kier molecular flexibility index (Phi) is 59.2. The van der Waals surface area contributed by atoms with Crippen LogP contribution in [0, 0.1) is 0 Å². The summed E-state index contributed by atoms with van der Waals surface area (Å²) in [6.07, 6.45) is 81.6. The van der Waals surface area contributed by atoms with E-state index in [1.807, 2.05) is 33.3 Å². The van der Waals surface area contributed by atoms with Crippen molar-refractivity contribution < 1.29 is 37.3 Å². The van der Waals surface area contributed by atoms with Crippen molar-refractivity contribution in [2.75, 3.05) is 40.9 Å². The second-order valence-corrected chi connectivity index (χ2v) is 25.8. The quantitative estimate of drug-likeness (QED) is 0.0205. The summed E-state index contributed by atoms with van der Waals surface area (Å²) in [6.45, 7) is 6.91. The second-order valence-electron chi connectivity index (χ2n) is 24.3. The third-order valence-electron chi connectivity index (χ3n) is 15.1. The Morgan fingerprint density at radius 1 is 0.439 bits per heavy atom. The highest BCUT2D eigenvalue weighted by Crippen LogP contribution is 2.43. The van der Waals surface area contributed by atoms with Crippen molar-refractivity contribution in [1.82, 2.24) is 5.32 Å². The number of ether oxygens (including phenoxy) is 1. The number of phosphoric acid groups is 1. The summed E-state index contributed by atoms with van der Waals surface area (Å²) in [5.41, 5.74) is 0. The Bertz CT molecular complexity index is 1680. The van der Waals surface area contributed by atoms with E-state index in [1.54, 1.807) is 0 Å². The molecule has 9 nitrogen and oxygen atoms in total. The number of phosphoric ester groups is 1. The SMILES string of the molecule is CC/C=C\C/C=C\C/C=C\C/C=C\C/C=C\C/C=C\CCCCCCC(=O)OC(/C=C/CCCCCCCCCCCC)C(COP(=O)(O)OCC[N+](C)(C)C)NC(=O)CCCCCCCCCCCCCCCCCCCCCCC. The summed E-state index contributed by atoms with van der Waals surface area (Å²) in [5.74, 6) is -0.526. The first-order chi connectivity index (χ1) is 39.9. The highest BCUT2D eigenvalue weighted by molar-refractivity contribution is 7.47. The fourth-order valence-electron chi connectivity index (χ4n) is 9.83. The van der Waals surface area contributed by atoms with Crippen molar-refractivity contribution in [1.29, 1.82) is 0 Å². The average molecular weight is 1170 g/mol. The second kappa shape index (κ2) is 61.3. The molecule has 0 aliphatic heterocycles. The number of hydrogen-bond acceptors (Lipinski definition) is 6. The van der Waals surface area contributed by atoms with Gasteiger partial charge < -0.3 is 19.4 Å². The number of amides is 1. The largest absolute Gasteiger partial charge is 0.472 e. The first kappa shape index (κ1) is 79.2. The molecular formula is C72H132N2O7P+. The molecule has 0 heterocycles. The Morgan fingerprint density at radius 2 is 0.780 bits per heavy atom. The van der Waals surface area contributed by atoms with E-state index >= 15 is 0 Å². The van der Waals surface area contributed by atoms with E-state index < -0.39 is 20.0 Å². The number of nitrogens with one attached hydrogen (secondary N) is 1. The molecule has 0 radical (unpaired) electrons. The van der Waals surface area contributed by atoms with Crippen LogP contribution in [0.1, 0.15) is 310 Å². The maximum absolute atomic E-state index is 13.6. The van der Waals surface area contributed by atoms with E-state index in [0.29, 0.717) is 23.9 Å². The zero-order valence-corrected chi connectivity index (χ0v) is 55.4. The molecule has 0 fully saturated rings. The molecule has 10 heteroatoms. The lowest BCUT2D eigenvalue weighted by Crippen LogP contribution is -2.47. The van der Waals surface area contributed by atoms with Gasteiger partial charge in [0.25, 0.3) is 0 Å². The topological polar surface area (TPSA) is 111 Å². The van der Waals surface area contributed by atoms with Gasteiger partial charge in [0.2, 0.25) is 5.91 Å². The van der Waals surface area contributed by atoms with Crippen molar-refractivity contribution in [3.63, 3.8) is 0 Å². The molecule has 2 N–H and O–H groups in total. The van der Waals surface area contributed by atoms with Crippen LogP contribution in [0.25, 0.3) is 0 Å². The molecule has 3 unspecified atom stereocenters. The third kappa shape index (κ3) is 61.7. The average Bonchev–Trinajstić information content (AvgIpc) is 3.44. The zero-order valence-electron chi connectivity index (χ0n) is 54.5. The molecule has 3 atom stereocenters. The number of hydrogen-bond donors (Lipinski definition) is 2. The molecule has 0 saturated heterocycles. The first-order valence-corrected chi connectivity index (χ1v) is 35.9. The smallest absolute Gasteiger partial charge is 0.456 e. The molecule has 0 spiro atoms. The molecule has 82 heavy (non-hydrogen) atoms. The molecule has 0 bridgehead atoms. The van der Waals surface area contributed by atoms with Crippen LogP contribution in [0.2, 0.25) is 0 Å². The van der Waals surface area contributed by atoms with Crippen LogP contribution in [0.4, 0.5) is 0 Å². The van der Waals surface area contributed by atoms with Crippen LogP contribution in [0.15, 0.2) is 85.1 Å². The van der Waals surface area contributed by atoms with Gasteiger partial charge in [0.15, 0.2) is 0 Å². The highest BCUT2D eigenvalue weighted by atomic mass is 31.2. The molecule has 0 saturated carbocycles. The predicted molar refractivity (Wildman–Crippen MR) is 355 cm³/mol. The van der Waals surface area contributed by atoms with Crippen molar-refractivity contribution in [2.24, 2.45) is 0 Å². The van der Waals surface area contributed by atoms with E-state index in [2.05, 4.69) is 99.0 Å². The van der Waals surface area contributed by atoms with Crippen LogP contribution in [0.3, 0.4) is 0 Å². The predicted octanol–water partition coefficient (Wildman–Crippen LogP) is 21.7. The molecule has 0 aromatic heterocycles. The van der Waals surface area contributed by atoms with Gasteiger partial charge in [0.05, 0.1) is 33.8 Å². The number of carbonyl (C=O) groups excluding carboxylic acids is 2. The minimum absolute atomic E-state index is 0.0341. The molecule has 0 aromatic rings. The maximum Gasteiger partial charge on any atom is 0.472 e. The van der Waals surface area contributed by atoms with Gasteiger partial charge in [-0.25, -0.2) is 4.57 Å². The number of nitrogens with zero attached hydrogens (tertiary/aromatic N) is 1. The summed E-state index contributed by atoms with van der Waals surface area (Å²) >= 11 is 0. The van der Waals surface area contributed by atoms with Gasteiger partial charge in [-0.2, -0.15) is 0 Å². The lowest BCUT2D eigenvalue weighted by atomic mass is 10.0. The Labute approximate surface area is 507 Å². The molecule has 1 amide bonds. The molecule has 0 aliphatic rings. The maximum atomic E-state index is 13.6. The fourth-order valence-corrected chi connectivity index (χ4v) is 10.6. The van der Waals surface area contributed by atoms with E-state index in [0.717, 1.165) is 103 Å². The van der Waals surface area contributed by atoms with Gasteiger partial charge >= 0.3 is 13.8 Å². The number of esters is 1. The van der Waals surface area contributed by atoms with E-state index in [9.17, 15) is 19.0 Å². The molecular weight excluding hydrogens is 1040 g/mol. The third-order valence-corrected chi connectivity index (χ3v) is 16.1. The van der Waals surface area contributed by atoms with Crippen molar-refractivity contribution in [2.45, 2.75) is 322 Å². The molecule has 476 valence electrons. The Hall–Kier alpha value is -2.81. The van der Waals surface area contributed by atoms with E-state index in [4.69, 9.17) is 13.8 Å². The van der Waals surface area contributed by atoms with Gasteiger partial charge in [-0.1, -0.05) is 299 Å². The summed E-state index contributed by atoms with van der Waals surface area (Å²) < 4.78 is 30.8. The minimum atomic E-state index is -4.46. The Balaban J connectivity index is 5.17. The molecule has 0 aliphatic carbocycles. The number of carbonyl (C=O) groups is 2. The van der Waals surface area contributed by atoms with Gasteiger partial charge in [0.1, 0.15) is 19.3 Å². The summed E-state index contributed by atoms with van der Waals surface area (Å²) in [6, 6.07) is -0.862. The van der Waals surface area contributed by atoms with Crippen LogP contribution in [-0.2, 0) is 27.9 Å². The van der Waals surface area contributed by atoms with Gasteiger partial charge in [0, 0.05) is 12.8 Å². The lowest BCUT2D eigenvalue weighted by molar-refractivity contribution is -0.870. The van der Waals surface area contributed by atoms with Crippen molar-refractivity contribution in [3.05, 3.63) is 85.1 Å². The number of rotatable bonds is 62. The molecule has 0 aromatic carbocycles. The van der Waals surface area contributed by atoms with E-state index in [-0.39, 0.29) is 31.5 Å². The summed E-state index contributed by atoms with van der Waals surface area (Å²) in [5, 5.41) is 3.06. The van der Waals surface area contributed by atoms with Crippen LogP contribution in [0.5, 0.6) is 0 Å². The lowest BCUT2D eigenvalue weighted by Gasteiger charge is -2.27. The summed E-state index contributed by atoms with van der Waals surface area (Å²) in [7, 11) is 1.48. The fraction of sp³-hybridized carbons (Fsp3) is 0.778. The number of likely N-dealkylation sites (N-methyl/N-ethyl adjacent to an activating group) is 1. The number of allylic oxidation sites excluding steroid dienone is 13. The standard InChI is InChI=1S/C72H131N2O7P/c1-7-10-13-16-19-22-25-28-30-32-34-36-37-39-41-43-45-47-50-53-56-59-62-65-72(76)81-70(63-60-57-54-51-48-27-24-21-18-15-12-9-3)69(68-80-82(77,78)79-67-66-74(4,5)6)73-71(75)64-61-58-55-52-49-46-44-42-40-38-35-33-31-29-26-23-20-17-14-11-8-2/h10,13,19,22,28,30,34,36,39,41,45,47,60,63,69-70H,7-9,11-12,14-18,20-21,23-27,29,31-33,35,37-38,40,42-44,46,48-59,61-62,64-68H2,1-6H3,(H-,73,75,77,78)/p+1/b13-10-,22-19-,30-28-,36-34-,41-39-,47-45-,63-60+. The number of unbranched alkanes of at least 4 members (excludes halogenated alkanes) is 34. The summed E-state index contributed by atoms with van der Waals surface area (Å²) in [4.78, 5) is 37.9. The van der Waals surface area contributed by atoms with Crippen molar-refractivity contribution >= 4 is 19.7 Å². The van der Waals surface area contributed by atoms with E-state index in [1.165, 1.54) is 167 Å². The Morgan fingerprint density at radius 3 is 1.17 bits per heavy atom. The van der Waals surface area contributed by atoms with Gasteiger partial charge in [-0.05, 0) is 83.1 Å². The van der Waals surface area contributed by atoms with Gasteiger partial charge in [-0.15, -0.1) is 0 Å². The minimum Gasteiger partial charge on any atom is -0.456 e. The van der Waals surface area contributed by atoms with Crippen LogP contribution < -0.4 is 5.32 Å². The highest BCUT2D eigenvalue weighted by Gasteiger charge is 2.30. The number of quaternary nitrogens is 1. The van der Waals surface area contributed by atoms with Crippen molar-refractivity contribution in [3.8, 4) is 0 Å². The van der Waals surface area contributed by atoms with Crippen LogP contribution >= 0.6 is 7.82 Å². The first-order valence-electron chi connectivity index (χ1n) is 34.4. The van der Waals surface area contributed by atoms with Crippen LogP contribution in [-0.4, -0.2) is 74.3 Å². The zero-order chi connectivity index (χ0) is 60.0. The monoisotopic (exact) mass is 1170 g/mol.